The maximum Gasteiger partial charge on any atom is 0.261 e. The summed E-state index contributed by atoms with van der Waals surface area (Å²) >= 11 is 6.02. The van der Waals surface area contributed by atoms with Crippen LogP contribution in [0.15, 0.2) is 132 Å². The van der Waals surface area contributed by atoms with Gasteiger partial charge in [0, 0.05) is 23.8 Å². The van der Waals surface area contributed by atoms with Gasteiger partial charge in [-0.05, 0) is 89.5 Å². The number of anilines is 1. The molecular formula is C37H33ClFN3O6S. The first kappa shape index (κ1) is 34.9. The normalized spacial score (nSPS) is 11.7. The van der Waals surface area contributed by atoms with Gasteiger partial charge >= 0.3 is 0 Å². The van der Waals surface area contributed by atoms with E-state index in [1.54, 1.807) is 55.6 Å². The number of hydrogen-bond donors (Lipinski definition) is 2. The summed E-state index contributed by atoms with van der Waals surface area (Å²) in [5, 5.41) is 3.53. The largest absolute Gasteiger partial charge is 0.497 e. The number of nitrogens with zero attached hydrogens (tertiary/aromatic N) is 1. The average molecular weight is 702 g/mol. The SMILES string of the molecule is COc1ccc(CN(C(=O)COc2ccc(S(=O)(=O)Nc3ccc(F)cc3)cc2)[C@H](C(=O)NCc2ccc(Cl)cc2)c2ccccc2)cc1. The van der Waals surface area contributed by atoms with E-state index in [0.29, 0.717) is 16.3 Å². The van der Waals surface area contributed by atoms with E-state index in [9.17, 15) is 22.4 Å². The summed E-state index contributed by atoms with van der Waals surface area (Å²) < 4.78 is 52.4. The molecule has 5 aromatic rings. The summed E-state index contributed by atoms with van der Waals surface area (Å²) in [6, 6.07) is 32.6. The molecule has 9 nitrogen and oxygen atoms in total. The van der Waals surface area contributed by atoms with Gasteiger partial charge in [-0.15, -0.1) is 0 Å². The van der Waals surface area contributed by atoms with E-state index in [0.717, 1.165) is 23.3 Å². The minimum absolute atomic E-state index is 0.0573. The lowest BCUT2D eigenvalue weighted by Gasteiger charge is -2.31. The number of carbonyl (C=O) groups is 2. The van der Waals surface area contributed by atoms with Crippen LogP contribution in [0.25, 0.3) is 0 Å². The number of hydrogen-bond acceptors (Lipinski definition) is 6. The Morgan fingerprint density at radius 3 is 2.04 bits per heavy atom. The fourth-order valence-electron chi connectivity index (χ4n) is 4.92. The van der Waals surface area contributed by atoms with Crippen molar-refractivity contribution in [3.05, 3.63) is 155 Å². The lowest BCUT2D eigenvalue weighted by Crippen LogP contribution is -2.45. The zero-order valence-electron chi connectivity index (χ0n) is 26.4. The zero-order chi connectivity index (χ0) is 34.8. The van der Waals surface area contributed by atoms with E-state index in [1.165, 1.54) is 41.3 Å². The molecule has 0 saturated carbocycles. The molecule has 1 atom stereocenters. The zero-order valence-corrected chi connectivity index (χ0v) is 28.0. The topological polar surface area (TPSA) is 114 Å². The van der Waals surface area contributed by atoms with Crippen LogP contribution >= 0.6 is 11.6 Å². The Bertz CT molecular complexity index is 1960. The van der Waals surface area contributed by atoms with Crippen LogP contribution in [0.4, 0.5) is 10.1 Å². The molecule has 2 N–H and O–H groups in total. The van der Waals surface area contributed by atoms with Crippen molar-refractivity contribution in [1.29, 1.82) is 0 Å². The van der Waals surface area contributed by atoms with Gasteiger partial charge in [-0.3, -0.25) is 14.3 Å². The van der Waals surface area contributed by atoms with Crippen LogP contribution in [0.1, 0.15) is 22.7 Å². The summed E-state index contributed by atoms with van der Waals surface area (Å²) in [4.78, 5) is 29.3. The number of methoxy groups -OCH3 is 1. The Balaban J connectivity index is 1.36. The van der Waals surface area contributed by atoms with Crippen LogP contribution < -0.4 is 19.5 Å². The van der Waals surface area contributed by atoms with Crippen LogP contribution in [-0.2, 0) is 32.7 Å². The molecule has 252 valence electrons. The van der Waals surface area contributed by atoms with Gasteiger partial charge in [-0.1, -0.05) is 66.2 Å². The Morgan fingerprint density at radius 2 is 1.41 bits per heavy atom. The van der Waals surface area contributed by atoms with Crippen LogP contribution in [-0.4, -0.2) is 38.8 Å². The number of benzene rings is 5. The van der Waals surface area contributed by atoms with E-state index < -0.39 is 40.3 Å². The molecule has 0 radical (unpaired) electrons. The molecule has 0 aliphatic carbocycles. The molecule has 0 aliphatic heterocycles. The first-order chi connectivity index (χ1) is 23.6. The highest BCUT2D eigenvalue weighted by molar-refractivity contribution is 7.92. The molecule has 0 bridgehead atoms. The van der Waals surface area contributed by atoms with Gasteiger partial charge in [0.05, 0.1) is 12.0 Å². The molecule has 5 rings (SSSR count). The Hall–Kier alpha value is -5.39. The van der Waals surface area contributed by atoms with Crippen molar-refractivity contribution >= 4 is 39.1 Å². The Labute approximate surface area is 289 Å². The monoisotopic (exact) mass is 701 g/mol. The second-order valence-electron chi connectivity index (χ2n) is 10.9. The molecule has 0 saturated heterocycles. The third kappa shape index (κ3) is 9.59. The maximum absolute atomic E-state index is 14.0. The molecule has 0 heterocycles. The van der Waals surface area contributed by atoms with E-state index in [2.05, 4.69) is 10.0 Å². The summed E-state index contributed by atoms with van der Waals surface area (Å²) in [5.74, 6) is -0.493. The van der Waals surface area contributed by atoms with Crippen molar-refractivity contribution in [1.82, 2.24) is 10.2 Å². The van der Waals surface area contributed by atoms with Crippen molar-refractivity contribution < 1.29 is 31.9 Å². The smallest absolute Gasteiger partial charge is 0.261 e. The van der Waals surface area contributed by atoms with E-state index in [1.807, 2.05) is 30.3 Å². The molecule has 49 heavy (non-hydrogen) atoms. The van der Waals surface area contributed by atoms with Crippen LogP contribution in [0.5, 0.6) is 11.5 Å². The number of halogens is 2. The first-order valence-corrected chi connectivity index (χ1v) is 17.0. The lowest BCUT2D eigenvalue weighted by atomic mass is 10.0. The van der Waals surface area contributed by atoms with E-state index in [-0.39, 0.29) is 29.4 Å². The highest BCUT2D eigenvalue weighted by Crippen LogP contribution is 2.26. The van der Waals surface area contributed by atoms with Gasteiger partial charge in [0.25, 0.3) is 15.9 Å². The summed E-state index contributed by atoms with van der Waals surface area (Å²) in [6.45, 7) is -0.151. The van der Waals surface area contributed by atoms with E-state index in [4.69, 9.17) is 21.1 Å². The Morgan fingerprint density at radius 1 is 0.796 bits per heavy atom. The van der Waals surface area contributed by atoms with Crippen molar-refractivity contribution in [2.24, 2.45) is 0 Å². The first-order valence-electron chi connectivity index (χ1n) is 15.1. The van der Waals surface area contributed by atoms with Gasteiger partial charge in [0.2, 0.25) is 5.91 Å². The molecule has 0 fully saturated rings. The third-order valence-corrected chi connectivity index (χ3v) is 9.13. The number of rotatable bonds is 14. The second-order valence-corrected chi connectivity index (χ2v) is 13.0. The number of sulfonamides is 1. The van der Waals surface area contributed by atoms with Crippen molar-refractivity contribution in [2.75, 3.05) is 18.4 Å². The fraction of sp³-hybridized carbons (Fsp3) is 0.135. The minimum Gasteiger partial charge on any atom is -0.497 e. The third-order valence-electron chi connectivity index (χ3n) is 7.48. The minimum atomic E-state index is -3.97. The highest BCUT2D eigenvalue weighted by atomic mass is 35.5. The van der Waals surface area contributed by atoms with Crippen LogP contribution in [0.3, 0.4) is 0 Å². The molecule has 2 amide bonds. The highest BCUT2D eigenvalue weighted by Gasteiger charge is 2.32. The molecule has 0 spiro atoms. The van der Waals surface area contributed by atoms with Crippen molar-refractivity contribution in [2.45, 2.75) is 24.0 Å². The predicted octanol–water partition coefficient (Wildman–Crippen LogP) is 6.75. The molecule has 0 aliphatic rings. The summed E-state index contributed by atoms with van der Waals surface area (Å²) in [6.07, 6.45) is 0. The van der Waals surface area contributed by atoms with Crippen molar-refractivity contribution in [3.63, 3.8) is 0 Å². The number of amides is 2. The van der Waals surface area contributed by atoms with E-state index >= 15 is 0 Å². The molecule has 0 aromatic heterocycles. The standard InChI is InChI=1S/C37H33ClFN3O6S/c1-47-32-17-9-27(10-18-32)24-42(36(28-5-3-2-4-6-28)37(44)40-23-26-7-11-29(38)12-8-26)35(43)25-48-33-19-21-34(22-20-33)49(45,46)41-31-15-13-30(39)14-16-31/h2-22,36,41H,23-25H2,1H3,(H,40,44)/t36-/m0/s1. The second kappa shape index (κ2) is 16.1. The summed E-state index contributed by atoms with van der Waals surface area (Å²) in [5.41, 5.74) is 2.39. The lowest BCUT2D eigenvalue weighted by molar-refractivity contribution is -0.143. The Kier molecular flexibility index (Phi) is 11.5. The van der Waals surface area contributed by atoms with Crippen LogP contribution in [0, 0.1) is 5.82 Å². The number of carbonyl (C=O) groups excluding carboxylic acids is 2. The maximum atomic E-state index is 14.0. The molecule has 5 aromatic carbocycles. The average Bonchev–Trinajstić information content (AvgIpc) is 3.12. The van der Waals surface area contributed by atoms with Crippen molar-refractivity contribution in [3.8, 4) is 11.5 Å². The van der Waals surface area contributed by atoms with Gasteiger partial charge in [-0.2, -0.15) is 0 Å². The molecular weight excluding hydrogens is 669 g/mol. The molecule has 12 heteroatoms. The van der Waals surface area contributed by atoms with Gasteiger partial charge in [-0.25, -0.2) is 12.8 Å². The van der Waals surface area contributed by atoms with Gasteiger partial charge in [0.15, 0.2) is 6.61 Å². The summed E-state index contributed by atoms with van der Waals surface area (Å²) in [7, 11) is -2.41. The molecule has 0 unspecified atom stereocenters. The van der Waals surface area contributed by atoms with Crippen LogP contribution in [0.2, 0.25) is 5.02 Å². The van der Waals surface area contributed by atoms with Gasteiger partial charge in [0.1, 0.15) is 23.4 Å². The fourth-order valence-corrected chi connectivity index (χ4v) is 6.11. The number of ether oxygens (including phenoxy) is 2. The number of nitrogens with one attached hydrogen (secondary N) is 2. The quantitative estimate of drug-likeness (QED) is 0.132. The van der Waals surface area contributed by atoms with Gasteiger partial charge < -0.3 is 19.7 Å². The predicted molar refractivity (Wildman–Crippen MR) is 185 cm³/mol.